The van der Waals surface area contributed by atoms with Crippen LogP contribution in [0.2, 0.25) is 0 Å². The molecule has 0 N–H and O–H groups in total. The Morgan fingerprint density at radius 1 is 1.29 bits per heavy atom. The highest BCUT2D eigenvalue weighted by Gasteiger charge is 2.31. The van der Waals surface area contributed by atoms with E-state index in [9.17, 15) is 9.59 Å². The van der Waals surface area contributed by atoms with Gasteiger partial charge in [-0.15, -0.1) is 0 Å². The molecule has 0 aromatic heterocycles. The smallest absolute Gasteiger partial charge is 0.328 e. The van der Waals surface area contributed by atoms with Gasteiger partial charge in [0.15, 0.2) is 0 Å². The fourth-order valence-electron chi connectivity index (χ4n) is 2.41. The molecule has 0 spiro atoms. The first-order chi connectivity index (χ1) is 10.1. The van der Waals surface area contributed by atoms with Crippen molar-refractivity contribution in [2.75, 3.05) is 13.7 Å². The van der Waals surface area contributed by atoms with Crippen molar-refractivity contribution in [3.63, 3.8) is 0 Å². The van der Waals surface area contributed by atoms with E-state index >= 15 is 0 Å². The fourth-order valence-corrected chi connectivity index (χ4v) is 2.68. The minimum Gasteiger partial charge on any atom is -0.467 e. The van der Waals surface area contributed by atoms with E-state index in [1.165, 1.54) is 13.2 Å². The molecule has 1 aliphatic heterocycles. The summed E-state index contributed by atoms with van der Waals surface area (Å²) in [6.07, 6.45) is 5.82. The number of ether oxygens (including phenoxy) is 1. The molecule has 1 aromatic rings. The summed E-state index contributed by atoms with van der Waals surface area (Å²) in [5, 5.41) is 0. The third kappa shape index (κ3) is 4.17. The van der Waals surface area contributed by atoms with Gasteiger partial charge in [-0.3, -0.25) is 4.79 Å². The molecule has 0 bridgehead atoms. The number of carbonyl (C=O) groups excluding carboxylic acids is 2. The first kappa shape index (κ1) is 15.8. The number of hydrogen-bond acceptors (Lipinski definition) is 3. The highest BCUT2D eigenvalue weighted by atomic mass is 79.9. The largest absolute Gasteiger partial charge is 0.467 e. The van der Waals surface area contributed by atoms with Crippen molar-refractivity contribution in [2.45, 2.75) is 25.3 Å². The molecule has 1 fully saturated rings. The summed E-state index contributed by atoms with van der Waals surface area (Å²) in [5.41, 5.74) is 0.943. The first-order valence-corrected chi connectivity index (χ1v) is 7.73. The highest BCUT2D eigenvalue weighted by Crippen LogP contribution is 2.19. The van der Waals surface area contributed by atoms with Gasteiger partial charge in [0.1, 0.15) is 6.04 Å². The molecule has 4 nitrogen and oxygen atoms in total. The summed E-state index contributed by atoms with van der Waals surface area (Å²) in [5.74, 6) is -0.479. The van der Waals surface area contributed by atoms with Crippen LogP contribution in [0.5, 0.6) is 0 Å². The predicted molar refractivity (Wildman–Crippen MR) is 84.5 cm³/mol. The number of hydrogen-bond donors (Lipinski definition) is 0. The third-order valence-corrected chi connectivity index (χ3v) is 4.08. The summed E-state index contributed by atoms with van der Waals surface area (Å²) in [7, 11) is 1.36. The molecule has 1 aliphatic rings. The molecular weight excluding hydrogens is 334 g/mol. The van der Waals surface area contributed by atoms with E-state index in [0.29, 0.717) is 13.0 Å². The van der Waals surface area contributed by atoms with Crippen LogP contribution >= 0.6 is 15.9 Å². The Morgan fingerprint density at radius 2 is 2.00 bits per heavy atom. The number of piperidine rings is 1. The Balaban J connectivity index is 2.06. The lowest BCUT2D eigenvalue weighted by atomic mass is 10.0. The standard InChI is InChI=1S/C16H18BrNO3/c1-21-16(20)14-4-2-3-11-18(14)15(19)10-7-12-5-8-13(17)9-6-12/h5-10,14H,2-4,11H2,1H3/b10-7+/t14-/m1/s1. The fraction of sp³-hybridized carbons (Fsp3) is 0.375. The monoisotopic (exact) mass is 351 g/mol. The van der Waals surface area contributed by atoms with Gasteiger partial charge in [-0.2, -0.15) is 0 Å². The zero-order valence-corrected chi connectivity index (χ0v) is 13.5. The number of nitrogens with zero attached hydrogens (tertiary/aromatic N) is 1. The summed E-state index contributed by atoms with van der Waals surface area (Å²) in [6.45, 7) is 0.600. The quantitative estimate of drug-likeness (QED) is 0.621. The summed E-state index contributed by atoms with van der Waals surface area (Å²) < 4.78 is 5.78. The van der Waals surface area contributed by atoms with Gasteiger partial charge in [0.05, 0.1) is 7.11 Å². The third-order valence-electron chi connectivity index (χ3n) is 3.55. The van der Waals surface area contributed by atoms with E-state index in [0.717, 1.165) is 22.9 Å². The van der Waals surface area contributed by atoms with Gasteiger partial charge in [0.25, 0.3) is 0 Å². The van der Waals surface area contributed by atoms with Crippen LogP contribution in [0, 0.1) is 0 Å². The Labute approximate surface area is 132 Å². The van der Waals surface area contributed by atoms with E-state index in [1.54, 1.807) is 11.0 Å². The Hall–Kier alpha value is -1.62. The van der Waals surface area contributed by atoms with Gasteiger partial charge in [0, 0.05) is 17.1 Å². The van der Waals surface area contributed by atoms with Crippen molar-refractivity contribution < 1.29 is 14.3 Å². The molecule has 112 valence electrons. The molecule has 0 saturated carbocycles. The molecule has 0 aliphatic carbocycles. The molecule has 1 saturated heterocycles. The van der Waals surface area contributed by atoms with Crippen molar-refractivity contribution >= 4 is 33.9 Å². The van der Waals surface area contributed by atoms with Crippen molar-refractivity contribution in [3.8, 4) is 0 Å². The van der Waals surface area contributed by atoms with Crippen LogP contribution in [0.25, 0.3) is 6.08 Å². The minimum atomic E-state index is -0.453. The van der Waals surface area contributed by atoms with Crippen LogP contribution in [0.4, 0.5) is 0 Å². The van der Waals surface area contributed by atoms with Gasteiger partial charge in [-0.25, -0.2) is 4.79 Å². The van der Waals surface area contributed by atoms with Gasteiger partial charge >= 0.3 is 5.97 Å². The number of carbonyl (C=O) groups is 2. The molecule has 1 aromatic carbocycles. The summed E-state index contributed by atoms with van der Waals surface area (Å²) in [4.78, 5) is 25.6. The van der Waals surface area contributed by atoms with E-state index in [-0.39, 0.29) is 11.9 Å². The summed E-state index contributed by atoms with van der Waals surface area (Å²) >= 11 is 3.37. The molecule has 21 heavy (non-hydrogen) atoms. The summed E-state index contributed by atoms with van der Waals surface area (Å²) in [6, 6.07) is 7.22. The van der Waals surface area contributed by atoms with Crippen LogP contribution in [0.1, 0.15) is 24.8 Å². The second kappa shape index (κ2) is 7.41. The van der Waals surface area contributed by atoms with E-state index < -0.39 is 6.04 Å². The van der Waals surface area contributed by atoms with Crippen LogP contribution in [0.3, 0.4) is 0 Å². The van der Waals surface area contributed by atoms with Gasteiger partial charge in [-0.05, 0) is 43.0 Å². The van der Waals surface area contributed by atoms with Crippen LogP contribution in [-0.4, -0.2) is 36.5 Å². The zero-order chi connectivity index (χ0) is 15.2. The lowest BCUT2D eigenvalue weighted by Gasteiger charge is -2.32. The lowest BCUT2D eigenvalue weighted by molar-refractivity contribution is -0.153. The molecule has 0 radical (unpaired) electrons. The molecular formula is C16H18BrNO3. The van der Waals surface area contributed by atoms with Crippen molar-refractivity contribution in [1.29, 1.82) is 0 Å². The number of methoxy groups -OCH3 is 1. The lowest BCUT2D eigenvalue weighted by Crippen LogP contribution is -2.47. The number of amides is 1. The Bertz CT molecular complexity index is 539. The molecule has 2 rings (SSSR count). The van der Waals surface area contributed by atoms with Gasteiger partial charge in [-0.1, -0.05) is 28.1 Å². The van der Waals surface area contributed by atoms with Crippen LogP contribution < -0.4 is 0 Å². The van der Waals surface area contributed by atoms with E-state index in [1.807, 2.05) is 24.3 Å². The molecule has 1 amide bonds. The maximum atomic E-state index is 12.3. The first-order valence-electron chi connectivity index (χ1n) is 6.94. The number of benzene rings is 1. The average Bonchev–Trinajstić information content (AvgIpc) is 2.53. The maximum Gasteiger partial charge on any atom is 0.328 e. The van der Waals surface area contributed by atoms with Crippen molar-refractivity contribution in [3.05, 3.63) is 40.4 Å². The number of halogens is 1. The zero-order valence-electron chi connectivity index (χ0n) is 11.9. The average molecular weight is 352 g/mol. The highest BCUT2D eigenvalue weighted by molar-refractivity contribution is 9.10. The van der Waals surface area contributed by atoms with Gasteiger partial charge in [0.2, 0.25) is 5.91 Å². The van der Waals surface area contributed by atoms with Crippen molar-refractivity contribution in [1.82, 2.24) is 4.90 Å². The number of likely N-dealkylation sites (tertiary alicyclic amines) is 1. The van der Waals surface area contributed by atoms with Crippen LogP contribution in [0.15, 0.2) is 34.8 Å². The Kier molecular flexibility index (Phi) is 5.56. The normalized spacial score (nSPS) is 18.8. The second-order valence-electron chi connectivity index (χ2n) is 4.95. The SMILES string of the molecule is COC(=O)[C@H]1CCCCN1C(=O)/C=C/c1ccc(Br)cc1. The topological polar surface area (TPSA) is 46.6 Å². The molecule has 1 heterocycles. The van der Waals surface area contributed by atoms with Gasteiger partial charge < -0.3 is 9.64 Å². The van der Waals surface area contributed by atoms with Crippen molar-refractivity contribution in [2.24, 2.45) is 0 Å². The number of rotatable bonds is 3. The van der Waals surface area contributed by atoms with E-state index in [4.69, 9.17) is 4.74 Å². The predicted octanol–water partition coefficient (Wildman–Crippen LogP) is 3.02. The molecule has 5 heteroatoms. The number of esters is 1. The minimum absolute atomic E-state index is 0.145. The molecule has 0 unspecified atom stereocenters. The van der Waals surface area contributed by atoms with E-state index in [2.05, 4.69) is 15.9 Å². The maximum absolute atomic E-state index is 12.3. The molecule has 1 atom stereocenters. The van der Waals surface area contributed by atoms with Crippen LogP contribution in [-0.2, 0) is 14.3 Å². The Morgan fingerprint density at radius 3 is 2.67 bits per heavy atom. The second-order valence-corrected chi connectivity index (χ2v) is 5.87.